The van der Waals surface area contributed by atoms with Crippen LogP contribution in [-0.4, -0.2) is 40.0 Å². The zero-order valence-corrected chi connectivity index (χ0v) is 13.0. The number of hydrogen-bond donors (Lipinski definition) is 2. The molecular formula is C12H19NO5S2. The number of rotatable bonds is 7. The molecule has 8 heteroatoms. The maximum Gasteiger partial charge on any atom is 0.240 e. The van der Waals surface area contributed by atoms with Crippen molar-refractivity contribution in [3.05, 3.63) is 29.8 Å². The second-order valence-corrected chi connectivity index (χ2v) is 8.62. The lowest BCUT2D eigenvalue weighted by molar-refractivity contribution is 0.199. The quantitative estimate of drug-likeness (QED) is 0.759. The molecule has 0 bridgehead atoms. The zero-order chi connectivity index (χ0) is 15.4. The van der Waals surface area contributed by atoms with E-state index in [1.54, 1.807) is 6.07 Å². The summed E-state index contributed by atoms with van der Waals surface area (Å²) in [6.07, 6.45) is -0.773. The van der Waals surface area contributed by atoms with E-state index in [1.807, 2.05) is 0 Å². The summed E-state index contributed by atoms with van der Waals surface area (Å²) in [5.74, 6) is -0.259. The summed E-state index contributed by atoms with van der Waals surface area (Å²) >= 11 is 0. The lowest BCUT2D eigenvalue weighted by Crippen LogP contribution is -2.29. The van der Waals surface area contributed by atoms with Crippen LogP contribution in [0.1, 0.15) is 25.5 Å². The Kier molecular flexibility index (Phi) is 5.69. The van der Waals surface area contributed by atoms with Gasteiger partial charge in [0.2, 0.25) is 10.0 Å². The Balaban J connectivity index is 2.82. The third kappa shape index (κ3) is 4.86. The number of sulfone groups is 1. The predicted octanol–water partition coefficient (Wildman–Crippen LogP) is 0.453. The average Bonchev–Trinajstić information content (AvgIpc) is 2.38. The van der Waals surface area contributed by atoms with Crippen molar-refractivity contribution in [2.75, 3.05) is 18.1 Å². The zero-order valence-electron chi connectivity index (χ0n) is 11.4. The molecule has 6 nitrogen and oxygen atoms in total. The number of aliphatic hydroxyl groups is 1. The van der Waals surface area contributed by atoms with Crippen molar-refractivity contribution in [2.45, 2.75) is 24.8 Å². The number of sulfonamides is 1. The molecule has 1 atom stereocenters. The number of benzene rings is 1. The van der Waals surface area contributed by atoms with Gasteiger partial charge in [-0.3, -0.25) is 0 Å². The normalized spacial score (nSPS) is 14.2. The van der Waals surface area contributed by atoms with Gasteiger partial charge in [-0.05, 0) is 24.6 Å². The van der Waals surface area contributed by atoms with Crippen molar-refractivity contribution in [1.82, 2.24) is 4.72 Å². The van der Waals surface area contributed by atoms with Crippen molar-refractivity contribution in [1.29, 1.82) is 0 Å². The first-order chi connectivity index (χ1) is 9.18. The Morgan fingerprint density at radius 1 is 1.25 bits per heavy atom. The van der Waals surface area contributed by atoms with Gasteiger partial charge in [0.1, 0.15) is 0 Å². The molecule has 1 rings (SSSR count). The number of hydrogen-bond acceptors (Lipinski definition) is 5. The summed E-state index contributed by atoms with van der Waals surface area (Å²) < 4.78 is 48.8. The van der Waals surface area contributed by atoms with E-state index in [0.29, 0.717) is 5.56 Å². The standard InChI is InChI=1S/C12H19NO5S2/c1-3-19(15,16)8-7-13-20(17,18)12-6-4-5-11(9-12)10(2)14/h4-6,9-10,13-14H,3,7-8H2,1-2H3. The highest BCUT2D eigenvalue weighted by Crippen LogP contribution is 2.16. The topological polar surface area (TPSA) is 101 Å². The highest BCUT2D eigenvalue weighted by Gasteiger charge is 2.16. The second-order valence-electron chi connectivity index (χ2n) is 4.38. The average molecular weight is 321 g/mol. The van der Waals surface area contributed by atoms with Crippen LogP contribution < -0.4 is 4.72 Å². The van der Waals surface area contributed by atoms with E-state index in [0.717, 1.165) is 0 Å². The Morgan fingerprint density at radius 2 is 1.90 bits per heavy atom. The van der Waals surface area contributed by atoms with Crippen molar-refractivity contribution in [3.8, 4) is 0 Å². The van der Waals surface area contributed by atoms with E-state index in [9.17, 15) is 21.9 Å². The van der Waals surface area contributed by atoms with Crippen LogP contribution in [0.5, 0.6) is 0 Å². The molecule has 0 radical (unpaired) electrons. The molecule has 1 unspecified atom stereocenters. The molecular weight excluding hydrogens is 302 g/mol. The summed E-state index contributed by atoms with van der Waals surface area (Å²) in [7, 11) is -6.99. The SMILES string of the molecule is CCS(=O)(=O)CCNS(=O)(=O)c1cccc(C(C)O)c1. The minimum atomic E-state index is -3.77. The van der Waals surface area contributed by atoms with Crippen molar-refractivity contribution < 1.29 is 21.9 Å². The molecule has 0 amide bonds. The molecule has 0 fully saturated rings. The fourth-order valence-electron chi connectivity index (χ4n) is 1.50. The van der Waals surface area contributed by atoms with Crippen molar-refractivity contribution in [3.63, 3.8) is 0 Å². The molecule has 0 spiro atoms. The van der Waals surface area contributed by atoms with E-state index in [2.05, 4.69) is 4.72 Å². The fraction of sp³-hybridized carbons (Fsp3) is 0.500. The highest BCUT2D eigenvalue weighted by atomic mass is 32.2. The first-order valence-electron chi connectivity index (χ1n) is 6.16. The molecule has 0 heterocycles. The van der Waals surface area contributed by atoms with Crippen molar-refractivity contribution >= 4 is 19.9 Å². The molecule has 20 heavy (non-hydrogen) atoms. The minimum absolute atomic E-state index is 0.00444. The summed E-state index contributed by atoms with van der Waals surface area (Å²) in [6.45, 7) is 2.88. The summed E-state index contributed by atoms with van der Waals surface area (Å²) in [4.78, 5) is 0.00444. The first-order valence-corrected chi connectivity index (χ1v) is 9.46. The third-order valence-electron chi connectivity index (χ3n) is 2.80. The van der Waals surface area contributed by atoms with E-state index in [-0.39, 0.29) is 22.9 Å². The molecule has 0 aliphatic heterocycles. The second kappa shape index (κ2) is 6.66. The lowest BCUT2D eigenvalue weighted by Gasteiger charge is -2.09. The minimum Gasteiger partial charge on any atom is -0.389 e. The largest absolute Gasteiger partial charge is 0.389 e. The molecule has 0 saturated heterocycles. The third-order valence-corrected chi connectivity index (χ3v) is 5.96. The van der Waals surface area contributed by atoms with Crippen LogP contribution in [0, 0.1) is 0 Å². The molecule has 0 aliphatic rings. The maximum absolute atomic E-state index is 12.0. The van der Waals surface area contributed by atoms with Crippen LogP contribution in [-0.2, 0) is 19.9 Å². The fourth-order valence-corrected chi connectivity index (χ4v) is 3.42. The van der Waals surface area contributed by atoms with Crippen LogP contribution in [0.15, 0.2) is 29.2 Å². The molecule has 114 valence electrons. The Bertz CT molecular complexity index is 650. The monoisotopic (exact) mass is 321 g/mol. The molecule has 0 saturated carbocycles. The Hall–Kier alpha value is -0.960. The van der Waals surface area contributed by atoms with Gasteiger partial charge in [0.15, 0.2) is 9.84 Å². The van der Waals surface area contributed by atoms with Gasteiger partial charge in [0, 0.05) is 12.3 Å². The summed E-state index contributed by atoms with van der Waals surface area (Å²) in [5.41, 5.74) is 0.481. The van der Waals surface area contributed by atoms with Crippen molar-refractivity contribution in [2.24, 2.45) is 0 Å². The van der Waals surface area contributed by atoms with E-state index >= 15 is 0 Å². The summed E-state index contributed by atoms with van der Waals surface area (Å²) in [5, 5.41) is 9.43. The summed E-state index contributed by atoms with van der Waals surface area (Å²) in [6, 6.07) is 5.90. The van der Waals surface area contributed by atoms with Crippen LogP contribution in [0.2, 0.25) is 0 Å². The number of nitrogens with one attached hydrogen (secondary N) is 1. The predicted molar refractivity (Wildman–Crippen MR) is 76.6 cm³/mol. The molecule has 0 aromatic heterocycles. The highest BCUT2D eigenvalue weighted by molar-refractivity contribution is 7.91. The van der Waals surface area contributed by atoms with E-state index in [1.165, 1.54) is 32.0 Å². The Labute approximate surface area is 119 Å². The van der Waals surface area contributed by atoms with E-state index in [4.69, 9.17) is 0 Å². The molecule has 2 N–H and O–H groups in total. The van der Waals surface area contributed by atoms with Gasteiger partial charge in [-0.2, -0.15) is 0 Å². The molecule has 1 aromatic rings. The maximum atomic E-state index is 12.0. The lowest BCUT2D eigenvalue weighted by atomic mass is 10.1. The van der Waals surface area contributed by atoms with E-state index < -0.39 is 26.0 Å². The number of aliphatic hydroxyl groups excluding tert-OH is 1. The van der Waals surface area contributed by atoms with Gasteiger partial charge in [0.05, 0.1) is 16.8 Å². The van der Waals surface area contributed by atoms with Gasteiger partial charge in [0.25, 0.3) is 0 Å². The smallest absolute Gasteiger partial charge is 0.240 e. The van der Waals surface area contributed by atoms with Crippen LogP contribution in [0.4, 0.5) is 0 Å². The Morgan fingerprint density at radius 3 is 2.45 bits per heavy atom. The van der Waals surface area contributed by atoms with Crippen LogP contribution >= 0.6 is 0 Å². The first kappa shape index (κ1) is 17.1. The molecule has 0 aliphatic carbocycles. The van der Waals surface area contributed by atoms with Crippen LogP contribution in [0.3, 0.4) is 0 Å². The van der Waals surface area contributed by atoms with Gasteiger partial charge in [-0.25, -0.2) is 21.6 Å². The van der Waals surface area contributed by atoms with Gasteiger partial charge < -0.3 is 5.11 Å². The molecule has 1 aromatic carbocycles. The van der Waals surface area contributed by atoms with Gasteiger partial charge in [-0.15, -0.1) is 0 Å². The van der Waals surface area contributed by atoms with Gasteiger partial charge in [-0.1, -0.05) is 19.1 Å². The van der Waals surface area contributed by atoms with Crippen LogP contribution in [0.25, 0.3) is 0 Å². The van der Waals surface area contributed by atoms with Gasteiger partial charge >= 0.3 is 0 Å².